The van der Waals surface area contributed by atoms with Gasteiger partial charge in [-0.15, -0.1) is 10.2 Å². The number of benzene rings is 2. The molecule has 16 heteroatoms. The Hall–Kier alpha value is -3.69. The molecule has 39 heavy (non-hydrogen) atoms. The van der Waals surface area contributed by atoms with E-state index in [1.54, 1.807) is 0 Å². The highest BCUT2D eigenvalue weighted by molar-refractivity contribution is 6.30. The first kappa shape index (κ1) is 28.3. The van der Waals surface area contributed by atoms with E-state index in [0.717, 1.165) is 16.8 Å². The van der Waals surface area contributed by atoms with Crippen molar-refractivity contribution in [1.29, 1.82) is 0 Å². The number of aliphatic hydroxyl groups excluding tert-OH is 2. The number of aliphatic hydroxyl groups is 2. The summed E-state index contributed by atoms with van der Waals surface area (Å²) in [6.07, 6.45) is -14.1. The Labute approximate surface area is 220 Å². The fraction of sp³-hybridized carbons (Fsp3) is 0.304. The highest BCUT2D eigenvalue weighted by Gasteiger charge is 2.39. The van der Waals surface area contributed by atoms with Crippen molar-refractivity contribution in [2.75, 3.05) is 0 Å². The van der Waals surface area contributed by atoms with Crippen LogP contribution in [0.25, 0.3) is 17.1 Å². The van der Waals surface area contributed by atoms with Crippen molar-refractivity contribution in [2.45, 2.75) is 44.6 Å². The minimum Gasteiger partial charge on any atom is -0.385 e. The van der Waals surface area contributed by atoms with Crippen LogP contribution in [0, 0.1) is 0 Å². The topological polar surface area (TPSA) is 111 Å². The third-order valence-electron chi connectivity index (χ3n) is 5.54. The van der Waals surface area contributed by atoms with E-state index >= 15 is 0 Å². The molecule has 0 bridgehead atoms. The van der Waals surface area contributed by atoms with Crippen LogP contribution in [0.15, 0.2) is 53.3 Å². The van der Waals surface area contributed by atoms with Crippen LogP contribution in [0.4, 0.5) is 26.3 Å². The van der Waals surface area contributed by atoms with Crippen LogP contribution in [0.1, 0.15) is 30.2 Å². The number of hydrogen-bond donors (Lipinski definition) is 2. The molecule has 4 aromatic rings. The fourth-order valence-electron chi connectivity index (χ4n) is 3.71. The molecule has 9 nitrogen and oxygen atoms in total. The molecule has 1 unspecified atom stereocenters. The molecule has 208 valence electrons. The lowest BCUT2D eigenvalue weighted by Crippen LogP contribution is -2.37. The molecule has 0 saturated heterocycles. The van der Waals surface area contributed by atoms with Gasteiger partial charge in [0.25, 0.3) is 0 Å². The summed E-state index contributed by atoms with van der Waals surface area (Å²) >= 11 is 5.87. The summed E-state index contributed by atoms with van der Waals surface area (Å²) in [7, 11) is 0. The van der Waals surface area contributed by atoms with Gasteiger partial charge < -0.3 is 10.2 Å². The van der Waals surface area contributed by atoms with E-state index in [0.29, 0.717) is 14.3 Å². The van der Waals surface area contributed by atoms with Gasteiger partial charge in [0.05, 0.1) is 17.8 Å². The molecule has 4 rings (SSSR count). The van der Waals surface area contributed by atoms with Gasteiger partial charge in [0.1, 0.15) is 12.6 Å². The van der Waals surface area contributed by atoms with Crippen molar-refractivity contribution in [1.82, 2.24) is 29.1 Å². The van der Waals surface area contributed by atoms with Crippen LogP contribution in [0.2, 0.25) is 5.02 Å². The lowest BCUT2D eigenvalue weighted by Gasteiger charge is -2.15. The SMILES string of the molecule is CC(O)c1nc(Cn2nc(-c3ccc(Cl)cc3)n(C[C@H](O)C(F)(F)F)c2=O)nn1-c1ccccc1C(F)(F)F. The highest BCUT2D eigenvalue weighted by Crippen LogP contribution is 2.34. The zero-order chi connectivity index (χ0) is 28.7. The number of halogens is 7. The van der Waals surface area contributed by atoms with Gasteiger partial charge in [0.2, 0.25) is 0 Å². The molecule has 2 heterocycles. The van der Waals surface area contributed by atoms with Crippen molar-refractivity contribution in [2.24, 2.45) is 0 Å². The summed E-state index contributed by atoms with van der Waals surface area (Å²) in [5, 5.41) is 28.2. The minimum absolute atomic E-state index is 0.201. The Bertz CT molecular complexity index is 1530. The van der Waals surface area contributed by atoms with Gasteiger partial charge >= 0.3 is 18.0 Å². The molecule has 2 atom stereocenters. The average Bonchev–Trinajstić information content (AvgIpc) is 3.41. The summed E-state index contributed by atoms with van der Waals surface area (Å²) in [5.74, 6) is -0.772. The number of nitrogens with zero attached hydrogens (tertiary/aromatic N) is 6. The Kier molecular flexibility index (Phi) is 7.60. The maximum atomic E-state index is 13.6. The normalized spacial score (nSPS) is 14.0. The lowest BCUT2D eigenvalue weighted by molar-refractivity contribution is -0.207. The Morgan fingerprint density at radius 1 is 0.974 bits per heavy atom. The van der Waals surface area contributed by atoms with Gasteiger partial charge in [0, 0.05) is 10.6 Å². The second kappa shape index (κ2) is 10.5. The fourth-order valence-corrected chi connectivity index (χ4v) is 3.84. The third kappa shape index (κ3) is 5.99. The number of alkyl halides is 6. The molecule has 0 spiro atoms. The van der Waals surface area contributed by atoms with E-state index < -0.39 is 54.6 Å². The monoisotopic (exact) mass is 576 g/mol. The van der Waals surface area contributed by atoms with Gasteiger partial charge in [-0.3, -0.25) is 4.57 Å². The number of hydrogen-bond acceptors (Lipinski definition) is 6. The Morgan fingerprint density at radius 3 is 2.21 bits per heavy atom. The second-order valence-corrected chi connectivity index (χ2v) is 8.86. The first-order chi connectivity index (χ1) is 18.2. The predicted molar refractivity (Wildman–Crippen MR) is 125 cm³/mol. The van der Waals surface area contributed by atoms with Crippen molar-refractivity contribution >= 4 is 11.6 Å². The summed E-state index contributed by atoms with van der Waals surface area (Å²) in [6, 6.07) is 10.1. The quantitative estimate of drug-likeness (QED) is 0.322. The van der Waals surface area contributed by atoms with E-state index in [9.17, 15) is 41.4 Å². The van der Waals surface area contributed by atoms with Gasteiger partial charge in [-0.25, -0.2) is 19.1 Å². The Morgan fingerprint density at radius 2 is 1.62 bits per heavy atom. The average molecular weight is 577 g/mol. The van der Waals surface area contributed by atoms with Crippen LogP contribution < -0.4 is 5.69 Å². The summed E-state index contributed by atoms with van der Waals surface area (Å²) in [5.41, 5.74) is -2.37. The van der Waals surface area contributed by atoms with Crippen molar-refractivity contribution in [3.05, 3.63) is 81.3 Å². The summed E-state index contributed by atoms with van der Waals surface area (Å²) in [4.78, 5) is 17.1. The zero-order valence-electron chi connectivity index (χ0n) is 19.8. The number of para-hydroxylation sites is 1. The van der Waals surface area contributed by atoms with Crippen molar-refractivity contribution < 1.29 is 36.6 Å². The van der Waals surface area contributed by atoms with Crippen molar-refractivity contribution in [3.63, 3.8) is 0 Å². The molecule has 0 saturated carbocycles. The van der Waals surface area contributed by atoms with Crippen molar-refractivity contribution in [3.8, 4) is 17.1 Å². The molecule has 0 amide bonds. The van der Waals surface area contributed by atoms with Gasteiger partial charge in [-0.05, 0) is 43.3 Å². The van der Waals surface area contributed by atoms with Crippen LogP contribution in [-0.4, -0.2) is 51.6 Å². The molecule has 0 aliphatic rings. The minimum atomic E-state index is -5.03. The molecular formula is C23H19ClF6N6O3. The van der Waals surface area contributed by atoms with Crippen LogP contribution in [-0.2, 0) is 19.3 Å². The van der Waals surface area contributed by atoms with Gasteiger partial charge in [-0.2, -0.15) is 26.3 Å². The van der Waals surface area contributed by atoms with E-state index in [4.69, 9.17) is 11.6 Å². The smallest absolute Gasteiger partial charge is 0.385 e. The standard InChI is InChI=1S/C23H19ClF6N6O3/c1-12(37)19-31-18(32-36(19)16-5-3-2-4-15(16)22(25,26)27)11-35-21(39)34(10-17(38)23(28,29)30)20(33-35)13-6-8-14(24)9-7-13/h2-9,12,17,37-38H,10-11H2,1H3/t12?,17-/m0/s1. The van der Waals surface area contributed by atoms with Crippen LogP contribution in [0.3, 0.4) is 0 Å². The second-order valence-electron chi connectivity index (χ2n) is 8.43. The first-order valence-corrected chi connectivity index (χ1v) is 11.5. The summed E-state index contributed by atoms with van der Waals surface area (Å²) < 4.78 is 82.1. The third-order valence-corrected chi connectivity index (χ3v) is 5.79. The maximum Gasteiger partial charge on any atom is 0.418 e. The molecule has 2 aromatic heterocycles. The van der Waals surface area contributed by atoms with E-state index in [1.165, 1.54) is 43.3 Å². The molecule has 0 radical (unpaired) electrons. The lowest BCUT2D eigenvalue weighted by atomic mass is 10.1. The molecular weight excluding hydrogens is 558 g/mol. The highest BCUT2D eigenvalue weighted by atomic mass is 35.5. The molecule has 0 aliphatic heterocycles. The van der Waals surface area contributed by atoms with E-state index in [-0.39, 0.29) is 23.0 Å². The molecule has 0 fully saturated rings. The Balaban J connectivity index is 1.80. The van der Waals surface area contributed by atoms with E-state index in [2.05, 4.69) is 15.2 Å². The zero-order valence-corrected chi connectivity index (χ0v) is 20.6. The predicted octanol–water partition coefficient (Wildman–Crippen LogP) is 3.99. The van der Waals surface area contributed by atoms with E-state index in [1.807, 2.05) is 0 Å². The first-order valence-electron chi connectivity index (χ1n) is 11.2. The largest absolute Gasteiger partial charge is 0.418 e. The molecule has 2 N–H and O–H groups in total. The van der Waals surface area contributed by atoms with Gasteiger partial charge in [-0.1, -0.05) is 23.7 Å². The maximum absolute atomic E-state index is 13.6. The van der Waals surface area contributed by atoms with Crippen LogP contribution >= 0.6 is 11.6 Å². The molecule has 0 aliphatic carbocycles. The summed E-state index contributed by atoms with van der Waals surface area (Å²) in [6.45, 7) is -0.506. The number of aromatic nitrogens is 6. The molecule has 2 aromatic carbocycles. The van der Waals surface area contributed by atoms with Gasteiger partial charge in [0.15, 0.2) is 23.6 Å². The number of rotatable bonds is 7. The van der Waals surface area contributed by atoms with Crippen LogP contribution in [0.5, 0.6) is 0 Å².